The summed E-state index contributed by atoms with van der Waals surface area (Å²) in [5.41, 5.74) is 2.47. The number of rotatable bonds is 1. The van der Waals surface area contributed by atoms with Crippen LogP contribution in [0.5, 0.6) is 0 Å². The summed E-state index contributed by atoms with van der Waals surface area (Å²) in [6, 6.07) is 7.62. The van der Waals surface area contributed by atoms with Gasteiger partial charge in [-0.15, -0.1) is 0 Å². The van der Waals surface area contributed by atoms with Crippen LogP contribution < -0.4 is 5.56 Å². The molecule has 1 atom stereocenters. The average molecular weight is 388 g/mol. The van der Waals surface area contributed by atoms with Crippen molar-refractivity contribution >= 4 is 27.8 Å². The molecule has 6 rings (SSSR count). The minimum Gasteiger partial charge on any atom is -0.458 e. The van der Waals surface area contributed by atoms with E-state index < -0.39 is 11.6 Å². The van der Waals surface area contributed by atoms with Gasteiger partial charge < -0.3 is 14.4 Å². The Kier molecular flexibility index (Phi) is 3.00. The molecule has 144 valence electrons. The van der Waals surface area contributed by atoms with Gasteiger partial charge in [0.2, 0.25) is 0 Å². The van der Waals surface area contributed by atoms with Gasteiger partial charge in [-0.2, -0.15) is 5.10 Å². The number of carbonyl (C=O) groups is 1. The van der Waals surface area contributed by atoms with Crippen LogP contribution in [0.2, 0.25) is 0 Å². The first kappa shape index (κ1) is 16.4. The van der Waals surface area contributed by atoms with Gasteiger partial charge in [0, 0.05) is 21.9 Å². The largest absolute Gasteiger partial charge is 0.458 e. The van der Waals surface area contributed by atoms with E-state index in [1.807, 2.05) is 18.2 Å². The normalized spacial score (nSPS) is 19.9. The Bertz CT molecular complexity index is 1430. The van der Waals surface area contributed by atoms with Crippen LogP contribution in [-0.4, -0.2) is 30.8 Å². The average Bonchev–Trinajstić information content (AvgIpc) is 3.34. The number of nitrogens with zero attached hydrogens (tertiary/aromatic N) is 3. The second-order valence-corrected chi connectivity index (χ2v) is 7.57. The number of ether oxygens (including phenoxy) is 1. The Morgan fingerprint density at radius 2 is 2.17 bits per heavy atom. The second kappa shape index (κ2) is 5.30. The van der Waals surface area contributed by atoms with E-state index in [4.69, 9.17) is 9.72 Å². The molecule has 0 radical (unpaired) electrons. The number of fused-ring (bicyclic) bond motifs is 7. The maximum absolute atomic E-state index is 13.2. The lowest BCUT2D eigenvalue weighted by atomic mass is 9.86. The molecule has 0 bridgehead atoms. The zero-order valence-electron chi connectivity index (χ0n) is 15.5. The SMILES string of the molecule is CCC1(O)C(=O)OCc2c1cc1n(c2=O)Cc2cc3c(ccc4cn[nH]c43)nc2-1. The molecule has 8 heteroatoms. The van der Waals surface area contributed by atoms with E-state index in [9.17, 15) is 14.7 Å². The number of aromatic amines is 1. The lowest BCUT2D eigenvalue weighted by Crippen LogP contribution is -2.44. The van der Waals surface area contributed by atoms with Crippen molar-refractivity contribution in [3.63, 3.8) is 0 Å². The number of hydrogen-bond acceptors (Lipinski definition) is 6. The number of aromatic nitrogens is 4. The van der Waals surface area contributed by atoms with Gasteiger partial charge in [-0.05, 0) is 30.7 Å². The van der Waals surface area contributed by atoms with Crippen molar-refractivity contribution in [1.29, 1.82) is 0 Å². The highest BCUT2D eigenvalue weighted by Gasteiger charge is 2.45. The van der Waals surface area contributed by atoms with Gasteiger partial charge in [-0.25, -0.2) is 9.78 Å². The first-order chi connectivity index (χ1) is 14.0. The van der Waals surface area contributed by atoms with Crippen molar-refractivity contribution in [3.8, 4) is 11.4 Å². The lowest BCUT2D eigenvalue weighted by molar-refractivity contribution is -0.172. The fourth-order valence-corrected chi connectivity index (χ4v) is 4.47. The standard InChI is InChI=1S/C21H16N4O4/c1-2-21(28)14-6-16-18-11(8-25(16)19(26)13(14)9-29-20(21)27)5-12-15(23-18)4-3-10-7-22-24-17(10)12/h3-7,28H,2,8-9H2,1H3,(H,22,24). The zero-order chi connectivity index (χ0) is 19.9. The first-order valence-electron chi connectivity index (χ1n) is 9.44. The fraction of sp³-hybridized carbons (Fsp3) is 0.238. The van der Waals surface area contributed by atoms with Gasteiger partial charge in [0.25, 0.3) is 5.56 Å². The van der Waals surface area contributed by atoms with Gasteiger partial charge in [0.1, 0.15) is 6.61 Å². The van der Waals surface area contributed by atoms with Gasteiger partial charge in [0.05, 0.1) is 40.7 Å². The van der Waals surface area contributed by atoms with Gasteiger partial charge in [0.15, 0.2) is 5.60 Å². The number of cyclic esters (lactones) is 1. The minimum absolute atomic E-state index is 0.123. The zero-order valence-corrected chi connectivity index (χ0v) is 15.5. The molecule has 1 aromatic carbocycles. The summed E-state index contributed by atoms with van der Waals surface area (Å²) in [6.45, 7) is 1.94. The molecule has 4 aromatic rings. The summed E-state index contributed by atoms with van der Waals surface area (Å²) < 4.78 is 6.74. The van der Waals surface area contributed by atoms with Crippen LogP contribution in [0.4, 0.5) is 0 Å². The Morgan fingerprint density at radius 1 is 1.31 bits per heavy atom. The van der Waals surface area contributed by atoms with Gasteiger partial charge in [-0.1, -0.05) is 6.92 Å². The predicted molar refractivity (Wildman–Crippen MR) is 104 cm³/mol. The van der Waals surface area contributed by atoms with Gasteiger partial charge in [-0.3, -0.25) is 9.89 Å². The van der Waals surface area contributed by atoms with E-state index in [1.54, 1.807) is 23.8 Å². The summed E-state index contributed by atoms with van der Waals surface area (Å²) in [7, 11) is 0. The summed E-state index contributed by atoms with van der Waals surface area (Å²) in [5.74, 6) is -0.719. The van der Waals surface area contributed by atoms with Crippen LogP contribution in [0.3, 0.4) is 0 Å². The van der Waals surface area contributed by atoms with E-state index in [1.165, 1.54) is 0 Å². The molecule has 0 aliphatic carbocycles. The Hall–Kier alpha value is -3.52. The molecule has 29 heavy (non-hydrogen) atoms. The van der Waals surface area contributed by atoms with Crippen molar-refractivity contribution in [2.24, 2.45) is 0 Å². The molecule has 2 aliphatic heterocycles. The molecule has 2 N–H and O–H groups in total. The third kappa shape index (κ3) is 1.96. The summed E-state index contributed by atoms with van der Waals surface area (Å²) in [6.07, 6.45) is 1.88. The molecule has 8 nitrogen and oxygen atoms in total. The molecule has 0 saturated carbocycles. The monoisotopic (exact) mass is 388 g/mol. The van der Waals surface area contributed by atoms with Crippen LogP contribution in [0.1, 0.15) is 30.0 Å². The maximum atomic E-state index is 13.2. The molecule has 0 amide bonds. The van der Waals surface area contributed by atoms with Crippen molar-refractivity contribution < 1.29 is 14.6 Å². The van der Waals surface area contributed by atoms with Crippen LogP contribution in [0.15, 0.2) is 35.3 Å². The number of aliphatic hydroxyl groups is 1. The van der Waals surface area contributed by atoms with Crippen molar-refractivity contribution in [3.05, 3.63) is 57.5 Å². The number of pyridine rings is 2. The van der Waals surface area contributed by atoms with E-state index in [-0.39, 0.29) is 18.6 Å². The topological polar surface area (TPSA) is 110 Å². The first-order valence-corrected chi connectivity index (χ1v) is 9.44. The highest BCUT2D eigenvalue weighted by molar-refractivity contribution is 6.04. The van der Waals surface area contributed by atoms with E-state index in [0.717, 1.165) is 27.4 Å². The molecule has 2 aliphatic rings. The Labute approximate surface area is 163 Å². The highest BCUT2D eigenvalue weighted by Crippen LogP contribution is 2.39. The molecule has 0 fully saturated rings. The molecule has 3 aromatic heterocycles. The maximum Gasteiger partial charge on any atom is 0.343 e. The summed E-state index contributed by atoms with van der Waals surface area (Å²) in [5, 5.41) is 20.0. The Morgan fingerprint density at radius 3 is 3.00 bits per heavy atom. The lowest BCUT2D eigenvalue weighted by Gasteiger charge is -2.31. The number of carbonyl (C=O) groups excluding carboxylic acids is 1. The molecule has 0 spiro atoms. The summed E-state index contributed by atoms with van der Waals surface area (Å²) >= 11 is 0. The predicted octanol–water partition coefficient (Wildman–Crippen LogP) is 1.96. The fourth-order valence-electron chi connectivity index (χ4n) is 4.47. The molecular formula is C21H16N4O4. The van der Waals surface area contributed by atoms with E-state index in [2.05, 4.69) is 10.2 Å². The smallest absolute Gasteiger partial charge is 0.343 e. The second-order valence-electron chi connectivity index (χ2n) is 7.57. The highest BCUT2D eigenvalue weighted by atomic mass is 16.6. The van der Waals surface area contributed by atoms with E-state index in [0.29, 0.717) is 29.1 Å². The number of benzene rings is 1. The molecule has 1 unspecified atom stereocenters. The number of nitrogens with one attached hydrogen (secondary N) is 1. The third-order valence-corrected chi connectivity index (χ3v) is 6.10. The number of H-pyrrole nitrogens is 1. The Balaban J connectivity index is 1.65. The number of hydrogen-bond donors (Lipinski definition) is 2. The number of esters is 1. The van der Waals surface area contributed by atoms with Crippen LogP contribution in [0, 0.1) is 0 Å². The van der Waals surface area contributed by atoms with Crippen molar-refractivity contribution in [2.45, 2.75) is 32.1 Å². The van der Waals surface area contributed by atoms with Crippen molar-refractivity contribution in [2.75, 3.05) is 0 Å². The summed E-state index contributed by atoms with van der Waals surface area (Å²) in [4.78, 5) is 30.2. The third-order valence-electron chi connectivity index (χ3n) is 6.10. The van der Waals surface area contributed by atoms with Crippen LogP contribution in [0.25, 0.3) is 33.2 Å². The van der Waals surface area contributed by atoms with Gasteiger partial charge >= 0.3 is 5.97 Å². The van der Waals surface area contributed by atoms with Crippen LogP contribution >= 0.6 is 0 Å². The van der Waals surface area contributed by atoms with Crippen LogP contribution in [-0.2, 0) is 28.3 Å². The van der Waals surface area contributed by atoms with Crippen molar-refractivity contribution in [1.82, 2.24) is 19.7 Å². The van der Waals surface area contributed by atoms with E-state index >= 15 is 0 Å². The molecular weight excluding hydrogens is 372 g/mol. The minimum atomic E-state index is -1.82. The molecule has 5 heterocycles. The molecule has 0 saturated heterocycles. The quantitative estimate of drug-likeness (QED) is 0.425.